The molecule has 0 aliphatic heterocycles. The number of methoxy groups -OCH3 is 1. The monoisotopic (exact) mass is 321 g/mol. The van der Waals surface area contributed by atoms with Crippen molar-refractivity contribution in [2.24, 2.45) is 0 Å². The molecule has 2 aromatic rings. The van der Waals surface area contributed by atoms with Gasteiger partial charge in [-0.25, -0.2) is 4.39 Å². The summed E-state index contributed by atoms with van der Waals surface area (Å²) in [6.45, 7) is 0. The molecule has 114 valence electrons. The lowest BCUT2D eigenvalue weighted by atomic mass is 9.98. The highest BCUT2D eigenvalue weighted by Gasteiger charge is 2.29. The van der Waals surface area contributed by atoms with Gasteiger partial charge in [-0.2, -0.15) is 0 Å². The van der Waals surface area contributed by atoms with Gasteiger partial charge in [0.05, 0.1) is 12.1 Å². The fourth-order valence-electron chi connectivity index (χ4n) is 1.95. The van der Waals surface area contributed by atoms with E-state index >= 15 is 0 Å². The van der Waals surface area contributed by atoms with Crippen molar-refractivity contribution < 1.29 is 18.7 Å². The number of hydrogen-bond acceptors (Lipinski definition) is 3. The zero-order valence-corrected chi connectivity index (χ0v) is 12.4. The number of rotatable bonds is 4. The van der Waals surface area contributed by atoms with Gasteiger partial charge in [0, 0.05) is 5.69 Å². The topological polar surface area (TPSA) is 55.4 Å². The van der Waals surface area contributed by atoms with E-state index in [1.807, 2.05) is 0 Å². The number of benzene rings is 2. The Morgan fingerprint density at radius 3 is 2.45 bits per heavy atom. The van der Waals surface area contributed by atoms with Gasteiger partial charge < -0.3 is 10.1 Å². The number of nitrogens with one attached hydrogen (secondary N) is 1. The molecule has 0 aromatic heterocycles. The van der Waals surface area contributed by atoms with Crippen molar-refractivity contribution in [1.82, 2.24) is 0 Å². The molecule has 1 amide bonds. The minimum atomic E-state index is -1.12. The molecular weight excluding hydrogens is 309 g/mol. The lowest BCUT2D eigenvalue weighted by Gasteiger charge is -2.15. The zero-order valence-electron chi connectivity index (χ0n) is 11.7. The first-order valence-corrected chi connectivity index (χ1v) is 6.79. The maximum absolute atomic E-state index is 13.1. The predicted molar refractivity (Wildman–Crippen MR) is 81.2 cm³/mol. The molecule has 0 fully saturated rings. The summed E-state index contributed by atoms with van der Waals surface area (Å²) in [4.78, 5) is 24.3. The van der Waals surface area contributed by atoms with Gasteiger partial charge in [-0.1, -0.05) is 41.9 Å². The van der Waals surface area contributed by atoms with Crippen LogP contribution in [0, 0.1) is 5.82 Å². The van der Waals surface area contributed by atoms with E-state index in [0.717, 1.165) is 6.07 Å². The van der Waals surface area contributed by atoms with Gasteiger partial charge in [-0.15, -0.1) is 0 Å². The normalized spacial score (nSPS) is 11.6. The number of hydrogen-bond donors (Lipinski definition) is 1. The van der Waals surface area contributed by atoms with E-state index in [4.69, 9.17) is 11.6 Å². The van der Waals surface area contributed by atoms with Crippen LogP contribution in [0.4, 0.5) is 10.1 Å². The second-order valence-electron chi connectivity index (χ2n) is 4.48. The molecule has 2 rings (SSSR count). The van der Waals surface area contributed by atoms with Crippen LogP contribution in [0.5, 0.6) is 0 Å². The number of anilines is 1. The molecule has 0 radical (unpaired) electrons. The number of carbonyl (C=O) groups is 2. The van der Waals surface area contributed by atoms with Crippen molar-refractivity contribution in [3.05, 3.63) is 64.9 Å². The molecule has 0 aliphatic rings. The maximum Gasteiger partial charge on any atom is 0.322 e. The second-order valence-corrected chi connectivity index (χ2v) is 4.89. The molecule has 1 N–H and O–H groups in total. The number of ether oxygens (including phenoxy) is 1. The number of amides is 1. The molecule has 0 spiro atoms. The molecule has 0 saturated carbocycles. The fraction of sp³-hybridized carbons (Fsp3) is 0.125. The molecule has 2 aromatic carbocycles. The average molecular weight is 322 g/mol. The van der Waals surface area contributed by atoms with Crippen molar-refractivity contribution in [2.75, 3.05) is 12.4 Å². The molecule has 0 bridgehead atoms. The van der Waals surface area contributed by atoms with Crippen LogP contribution < -0.4 is 5.32 Å². The van der Waals surface area contributed by atoms with Crippen LogP contribution in [0.15, 0.2) is 48.5 Å². The lowest BCUT2D eigenvalue weighted by molar-refractivity contribution is -0.145. The Labute approximate surface area is 131 Å². The summed E-state index contributed by atoms with van der Waals surface area (Å²) in [6, 6.07) is 12.3. The van der Waals surface area contributed by atoms with Crippen molar-refractivity contribution in [3.8, 4) is 0 Å². The Balaban J connectivity index is 2.26. The first-order chi connectivity index (χ1) is 10.5. The fourth-order valence-corrected chi connectivity index (χ4v) is 2.13. The van der Waals surface area contributed by atoms with Gasteiger partial charge in [-0.05, 0) is 23.8 Å². The Bertz CT molecular complexity index is 691. The minimum absolute atomic E-state index is 0.118. The van der Waals surface area contributed by atoms with Crippen molar-refractivity contribution in [2.45, 2.75) is 5.92 Å². The van der Waals surface area contributed by atoms with Gasteiger partial charge >= 0.3 is 5.97 Å². The highest BCUT2D eigenvalue weighted by Crippen LogP contribution is 2.23. The molecule has 6 heteroatoms. The summed E-state index contributed by atoms with van der Waals surface area (Å²) < 4.78 is 17.8. The smallest absolute Gasteiger partial charge is 0.322 e. The van der Waals surface area contributed by atoms with Crippen molar-refractivity contribution in [1.29, 1.82) is 0 Å². The third-order valence-corrected chi connectivity index (χ3v) is 3.31. The van der Waals surface area contributed by atoms with Crippen LogP contribution in [-0.4, -0.2) is 19.0 Å². The largest absolute Gasteiger partial charge is 0.468 e. The number of halogens is 2. The highest BCUT2D eigenvalue weighted by atomic mass is 35.5. The minimum Gasteiger partial charge on any atom is -0.468 e. The van der Waals surface area contributed by atoms with Crippen LogP contribution in [0.3, 0.4) is 0 Å². The molecule has 22 heavy (non-hydrogen) atoms. The Morgan fingerprint density at radius 1 is 1.18 bits per heavy atom. The third-order valence-electron chi connectivity index (χ3n) is 3.02. The molecule has 1 atom stereocenters. The van der Waals surface area contributed by atoms with E-state index in [1.54, 1.807) is 30.3 Å². The summed E-state index contributed by atoms with van der Waals surface area (Å²) in [5, 5.41) is 2.41. The predicted octanol–water partition coefficient (Wildman–Crippen LogP) is 3.37. The quantitative estimate of drug-likeness (QED) is 0.694. The van der Waals surface area contributed by atoms with Crippen LogP contribution in [0.25, 0.3) is 0 Å². The molecule has 0 saturated heterocycles. The Kier molecular flexibility index (Phi) is 5.12. The summed E-state index contributed by atoms with van der Waals surface area (Å²) >= 11 is 5.67. The molecule has 4 nitrogen and oxygen atoms in total. The lowest BCUT2D eigenvalue weighted by Crippen LogP contribution is -2.28. The summed E-state index contributed by atoms with van der Waals surface area (Å²) in [7, 11) is 1.21. The highest BCUT2D eigenvalue weighted by molar-refractivity contribution is 6.31. The van der Waals surface area contributed by atoms with Crippen LogP contribution in [0.2, 0.25) is 5.02 Å². The van der Waals surface area contributed by atoms with Crippen LogP contribution >= 0.6 is 11.6 Å². The summed E-state index contributed by atoms with van der Waals surface area (Å²) in [5.41, 5.74) is 0.793. The molecule has 1 unspecified atom stereocenters. The van der Waals surface area contributed by atoms with Crippen molar-refractivity contribution in [3.63, 3.8) is 0 Å². The summed E-state index contributed by atoms with van der Waals surface area (Å²) in [6.07, 6.45) is 0. The first kappa shape index (κ1) is 16.0. The zero-order chi connectivity index (χ0) is 16.1. The maximum atomic E-state index is 13.1. The van der Waals surface area contributed by atoms with E-state index in [9.17, 15) is 14.0 Å². The Morgan fingerprint density at radius 2 is 1.86 bits per heavy atom. The van der Waals surface area contributed by atoms with Crippen molar-refractivity contribution >= 4 is 29.2 Å². The molecular formula is C16H13ClFNO3. The van der Waals surface area contributed by atoms with E-state index in [-0.39, 0.29) is 5.02 Å². The van der Waals surface area contributed by atoms with Gasteiger partial charge in [0.2, 0.25) is 5.91 Å². The van der Waals surface area contributed by atoms with Crippen LogP contribution in [0.1, 0.15) is 11.5 Å². The Hall–Kier alpha value is -2.40. The van der Waals surface area contributed by atoms with E-state index in [0.29, 0.717) is 11.3 Å². The molecule has 0 aliphatic carbocycles. The first-order valence-electron chi connectivity index (χ1n) is 6.41. The molecule has 0 heterocycles. The van der Waals surface area contributed by atoms with E-state index < -0.39 is 23.6 Å². The van der Waals surface area contributed by atoms with Gasteiger partial charge in [0.15, 0.2) is 5.92 Å². The number of esters is 1. The van der Waals surface area contributed by atoms with E-state index in [1.165, 1.54) is 19.2 Å². The van der Waals surface area contributed by atoms with Crippen LogP contribution in [-0.2, 0) is 14.3 Å². The number of carbonyl (C=O) groups excluding carboxylic acids is 2. The van der Waals surface area contributed by atoms with Gasteiger partial charge in [0.25, 0.3) is 0 Å². The SMILES string of the molecule is COC(=O)C(C(=O)Nc1ccc(F)c(Cl)c1)c1ccccc1. The summed E-state index contributed by atoms with van der Waals surface area (Å²) in [5.74, 6) is -2.97. The standard InChI is InChI=1S/C16H13ClFNO3/c1-22-16(21)14(10-5-3-2-4-6-10)15(20)19-11-7-8-13(18)12(17)9-11/h2-9,14H,1H3,(H,19,20). The average Bonchev–Trinajstić information content (AvgIpc) is 2.52. The van der Waals surface area contributed by atoms with E-state index in [2.05, 4.69) is 10.1 Å². The third kappa shape index (κ3) is 3.62. The van der Waals surface area contributed by atoms with Gasteiger partial charge in [0.1, 0.15) is 5.82 Å². The second kappa shape index (κ2) is 7.04. The van der Waals surface area contributed by atoms with Gasteiger partial charge in [-0.3, -0.25) is 9.59 Å².